The molecule has 1 aliphatic heterocycles. The maximum Gasteiger partial charge on any atom is 0.410 e. The zero-order chi connectivity index (χ0) is 22.1. The Bertz CT molecular complexity index is 942. The van der Waals surface area contributed by atoms with E-state index in [0.29, 0.717) is 35.2 Å². The zero-order valence-corrected chi connectivity index (χ0v) is 18.7. The molecule has 30 heavy (non-hydrogen) atoms. The van der Waals surface area contributed by atoms with Gasteiger partial charge in [-0.25, -0.2) is 4.79 Å². The first-order chi connectivity index (χ1) is 14.0. The number of carbonyl (C=O) groups excluding carboxylic acids is 2. The van der Waals surface area contributed by atoms with Crippen molar-refractivity contribution in [2.45, 2.75) is 32.4 Å². The van der Waals surface area contributed by atoms with Gasteiger partial charge < -0.3 is 20.3 Å². The molecule has 1 atom stereocenters. The van der Waals surface area contributed by atoms with E-state index in [1.807, 2.05) is 45.0 Å². The van der Waals surface area contributed by atoms with Gasteiger partial charge in [-0.3, -0.25) is 4.79 Å². The summed E-state index contributed by atoms with van der Waals surface area (Å²) in [6.45, 7) is 6.98. The lowest BCUT2D eigenvalue weighted by molar-refractivity contribution is 0.0214. The van der Waals surface area contributed by atoms with Crippen molar-refractivity contribution in [1.29, 1.82) is 0 Å². The van der Waals surface area contributed by atoms with Gasteiger partial charge in [0.05, 0.1) is 16.8 Å². The third kappa shape index (κ3) is 5.18. The van der Waals surface area contributed by atoms with Gasteiger partial charge in [-0.1, -0.05) is 35.3 Å². The molecule has 1 heterocycles. The van der Waals surface area contributed by atoms with Crippen molar-refractivity contribution >= 4 is 40.9 Å². The molecule has 1 aliphatic rings. The minimum atomic E-state index is -0.572. The van der Waals surface area contributed by atoms with Crippen molar-refractivity contribution in [2.75, 3.05) is 24.5 Å². The maximum absolute atomic E-state index is 12.7. The van der Waals surface area contributed by atoms with Crippen molar-refractivity contribution < 1.29 is 14.3 Å². The molecule has 0 bridgehead atoms. The molecule has 0 unspecified atom stereocenters. The van der Waals surface area contributed by atoms with E-state index in [0.717, 1.165) is 11.3 Å². The molecule has 0 radical (unpaired) electrons. The predicted molar refractivity (Wildman–Crippen MR) is 119 cm³/mol. The van der Waals surface area contributed by atoms with E-state index in [1.54, 1.807) is 23.1 Å². The molecule has 8 heteroatoms. The van der Waals surface area contributed by atoms with Crippen LogP contribution < -0.4 is 10.6 Å². The van der Waals surface area contributed by atoms with Crippen LogP contribution in [0.4, 0.5) is 10.5 Å². The number of ether oxygens (including phenoxy) is 1. The molecule has 2 N–H and O–H groups in total. The molecule has 0 aromatic heterocycles. The Kier molecular flexibility index (Phi) is 6.48. The molecule has 2 aromatic carbocycles. The van der Waals surface area contributed by atoms with E-state index in [9.17, 15) is 9.59 Å². The Morgan fingerprint density at radius 1 is 1.07 bits per heavy atom. The number of piperazine rings is 1. The van der Waals surface area contributed by atoms with Gasteiger partial charge in [0.1, 0.15) is 5.60 Å². The highest BCUT2D eigenvalue weighted by Gasteiger charge is 2.34. The molecule has 160 valence electrons. The monoisotopic (exact) mass is 449 g/mol. The SMILES string of the molecule is CC(C)(C)OC(=O)N1CCN(c2ccc(C(N)=O)cc2Cl)[C@H](c2ccc(Cl)cc2)C1. The predicted octanol–water partition coefficient (Wildman–Crippen LogP) is 4.89. The first-order valence-electron chi connectivity index (χ1n) is 9.64. The smallest absolute Gasteiger partial charge is 0.410 e. The Morgan fingerprint density at radius 2 is 1.73 bits per heavy atom. The molecule has 6 nitrogen and oxygen atoms in total. The largest absolute Gasteiger partial charge is 0.444 e. The second-order valence-electron chi connectivity index (χ2n) is 8.22. The van der Waals surface area contributed by atoms with Crippen LogP contribution in [0.15, 0.2) is 42.5 Å². The van der Waals surface area contributed by atoms with Gasteiger partial charge in [0, 0.05) is 30.2 Å². The number of anilines is 1. The number of primary amides is 1. The Morgan fingerprint density at radius 3 is 2.30 bits per heavy atom. The Balaban J connectivity index is 1.93. The zero-order valence-electron chi connectivity index (χ0n) is 17.2. The first kappa shape index (κ1) is 22.2. The summed E-state index contributed by atoms with van der Waals surface area (Å²) >= 11 is 12.6. The van der Waals surface area contributed by atoms with Crippen molar-refractivity contribution in [3.63, 3.8) is 0 Å². The Labute approximate surface area is 186 Å². The number of hydrogen-bond acceptors (Lipinski definition) is 4. The van der Waals surface area contributed by atoms with Crippen LogP contribution in [0.5, 0.6) is 0 Å². The molecule has 0 saturated carbocycles. The van der Waals surface area contributed by atoms with Gasteiger partial charge in [-0.05, 0) is 56.7 Å². The van der Waals surface area contributed by atoms with Crippen molar-refractivity contribution in [3.05, 3.63) is 63.6 Å². The van der Waals surface area contributed by atoms with Crippen molar-refractivity contribution in [1.82, 2.24) is 4.90 Å². The van der Waals surface area contributed by atoms with Gasteiger partial charge in [0.15, 0.2) is 0 Å². The molecule has 3 rings (SSSR count). The number of hydrogen-bond donors (Lipinski definition) is 1. The Hall–Kier alpha value is -2.44. The van der Waals surface area contributed by atoms with Crippen LogP contribution in [-0.2, 0) is 4.74 Å². The van der Waals surface area contributed by atoms with Gasteiger partial charge >= 0.3 is 6.09 Å². The molecule has 2 aromatic rings. The molecular formula is C22H25Cl2N3O3. The number of rotatable bonds is 3. The number of halogens is 2. The fourth-order valence-electron chi connectivity index (χ4n) is 3.43. The van der Waals surface area contributed by atoms with Crippen LogP contribution in [0, 0.1) is 0 Å². The van der Waals surface area contributed by atoms with Gasteiger partial charge in [-0.2, -0.15) is 0 Å². The number of benzene rings is 2. The second-order valence-corrected chi connectivity index (χ2v) is 9.06. The van der Waals surface area contributed by atoms with E-state index in [1.165, 1.54) is 0 Å². The number of amides is 2. The highest BCUT2D eigenvalue weighted by molar-refractivity contribution is 6.33. The van der Waals surface area contributed by atoms with Crippen molar-refractivity contribution in [2.24, 2.45) is 5.73 Å². The highest BCUT2D eigenvalue weighted by Crippen LogP contribution is 2.36. The van der Waals surface area contributed by atoms with Crippen LogP contribution in [0.2, 0.25) is 10.0 Å². The second kappa shape index (κ2) is 8.74. The molecule has 1 saturated heterocycles. The standard InChI is InChI=1S/C22H25Cl2N3O3/c1-22(2,3)30-21(29)26-10-11-27(18-9-6-15(20(25)28)12-17(18)24)19(13-26)14-4-7-16(23)8-5-14/h4-9,12,19H,10-11,13H2,1-3H3,(H2,25,28)/t19-/m0/s1. The van der Waals surface area contributed by atoms with Crippen LogP contribution >= 0.6 is 23.2 Å². The van der Waals surface area contributed by atoms with Gasteiger partial charge in [0.25, 0.3) is 0 Å². The normalized spacial score (nSPS) is 17.0. The lowest BCUT2D eigenvalue weighted by Crippen LogP contribution is -2.51. The van der Waals surface area contributed by atoms with Gasteiger partial charge in [-0.15, -0.1) is 0 Å². The third-order valence-corrected chi connectivity index (χ3v) is 5.38. The van der Waals surface area contributed by atoms with Crippen molar-refractivity contribution in [3.8, 4) is 0 Å². The van der Waals surface area contributed by atoms with E-state index in [4.69, 9.17) is 33.7 Å². The minimum absolute atomic E-state index is 0.166. The quantitative estimate of drug-likeness (QED) is 0.723. The maximum atomic E-state index is 12.7. The number of nitrogens with zero attached hydrogens (tertiary/aromatic N) is 2. The molecule has 0 aliphatic carbocycles. The van der Waals surface area contributed by atoms with E-state index >= 15 is 0 Å². The summed E-state index contributed by atoms with van der Waals surface area (Å²) in [7, 11) is 0. The molecule has 2 amide bonds. The summed E-state index contributed by atoms with van der Waals surface area (Å²) in [5.41, 5.74) is 6.90. The number of nitrogens with two attached hydrogens (primary N) is 1. The summed E-state index contributed by atoms with van der Waals surface area (Å²) in [5.74, 6) is -0.535. The van der Waals surface area contributed by atoms with E-state index in [2.05, 4.69) is 4.90 Å². The lowest BCUT2D eigenvalue weighted by atomic mass is 10.0. The van der Waals surface area contributed by atoms with Gasteiger partial charge in [0.2, 0.25) is 5.91 Å². The van der Waals surface area contributed by atoms with E-state index in [-0.39, 0.29) is 12.1 Å². The lowest BCUT2D eigenvalue weighted by Gasteiger charge is -2.43. The van der Waals surface area contributed by atoms with Crippen LogP contribution in [0.25, 0.3) is 0 Å². The number of carbonyl (C=O) groups is 2. The average Bonchev–Trinajstić information content (AvgIpc) is 2.67. The van der Waals surface area contributed by atoms with Crippen LogP contribution in [0.1, 0.15) is 42.7 Å². The molecule has 1 fully saturated rings. The van der Waals surface area contributed by atoms with E-state index < -0.39 is 11.5 Å². The third-order valence-electron chi connectivity index (χ3n) is 4.83. The fraction of sp³-hybridized carbons (Fsp3) is 0.364. The highest BCUT2D eigenvalue weighted by atomic mass is 35.5. The summed E-state index contributed by atoms with van der Waals surface area (Å²) in [6.07, 6.45) is -0.351. The molecular weight excluding hydrogens is 425 g/mol. The first-order valence-corrected chi connectivity index (χ1v) is 10.4. The summed E-state index contributed by atoms with van der Waals surface area (Å²) in [4.78, 5) is 28.0. The topological polar surface area (TPSA) is 75.9 Å². The van der Waals surface area contributed by atoms with Crippen LogP contribution in [-0.4, -0.2) is 42.1 Å². The van der Waals surface area contributed by atoms with Crippen LogP contribution in [0.3, 0.4) is 0 Å². The average molecular weight is 450 g/mol. The fourth-order valence-corrected chi connectivity index (χ4v) is 3.84. The minimum Gasteiger partial charge on any atom is -0.444 e. The molecule has 0 spiro atoms. The summed E-state index contributed by atoms with van der Waals surface area (Å²) < 4.78 is 5.56. The summed E-state index contributed by atoms with van der Waals surface area (Å²) in [6, 6.07) is 12.4. The summed E-state index contributed by atoms with van der Waals surface area (Å²) in [5, 5.41) is 1.06.